The van der Waals surface area contributed by atoms with E-state index in [0.717, 1.165) is 36.6 Å². The van der Waals surface area contributed by atoms with Crippen LogP contribution in [0.1, 0.15) is 89.0 Å². The van der Waals surface area contributed by atoms with E-state index in [4.69, 9.17) is 0 Å². The molecule has 2 heterocycles. The van der Waals surface area contributed by atoms with E-state index in [1.165, 1.54) is 23.5 Å². The third-order valence-electron chi connectivity index (χ3n) is 6.85. The molecule has 12 heteroatoms. The van der Waals surface area contributed by atoms with Gasteiger partial charge in [-0.15, -0.1) is 11.3 Å². The minimum absolute atomic E-state index is 0.188. The highest BCUT2D eigenvalue weighted by molar-refractivity contribution is 7.89. The third-order valence-corrected chi connectivity index (χ3v) is 9.38. The summed E-state index contributed by atoms with van der Waals surface area (Å²) < 4.78 is 66.1. The van der Waals surface area contributed by atoms with Crippen LogP contribution in [0.4, 0.5) is 13.2 Å². The number of sulfonamides is 1. The van der Waals surface area contributed by atoms with Crippen molar-refractivity contribution in [1.29, 1.82) is 10.5 Å². The van der Waals surface area contributed by atoms with E-state index < -0.39 is 27.1 Å². The molecule has 0 spiro atoms. The minimum Gasteiger partial charge on any atom is -0.255 e. The first-order valence-corrected chi connectivity index (χ1v) is 16.1. The van der Waals surface area contributed by atoms with Crippen molar-refractivity contribution in [2.24, 2.45) is 0 Å². The van der Waals surface area contributed by atoms with E-state index in [0.29, 0.717) is 52.9 Å². The fourth-order valence-corrected chi connectivity index (χ4v) is 6.27. The summed E-state index contributed by atoms with van der Waals surface area (Å²) in [6.07, 6.45) is 3.33. The summed E-state index contributed by atoms with van der Waals surface area (Å²) in [4.78, 5) is 8.33. The second kappa shape index (κ2) is 15.8. The van der Waals surface area contributed by atoms with Gasteiger partial charge in [0.1, 0.15) is 23.1 Å². The van der Waals surface area contributed by atoms with Crippen molar-refractivity contribution < 1.29 is 21.6 Å². The number of nitrogens with one attached hydrogen (secondary N) is 1. The highest BCUT2D eigenvalue weighted by atomic mass is 32.2. The maximum Gasteiger partial charge on any atom is 0.404 e. The number of pyridine rings is 1. The van der Waals surface area contributed by atoms with Crippen molar-refractivity contribution in [3.8, 4) is 12.1 Å². The van der Waals surface area contributed by atoms with Crippen molar-refractivity contribution >= 4 is 26.9 Å². The molecule has 2 unspecified atom stereocenters. The summed E-state index contributed by atoms with van der Waals surface area (Å²) in [6.45, 7) is 12.4. The number of nitrogens with zero attached hydrogens (tertiary/aromatic N) is 4. The average molecular weight is 632 g/mol. The predicted molar refractivity (Wildman–Crippen MR) is 163 cm³/mol. The number of hydrogen-bond acceptors (Lipinski definition) is 7. The van der Waals surface area contributed by atoms with Crippen LogP contribution in [0.15, 0.2) is 69.6 Å². The van der Waals surface area contributed by atoms with Gasteiger partial charge in [-0.25, -0.2) is 13.4 Å². The molecular formula is C31H36F3N5O2S2. The number of thiazole rings is 1. The summed E-state index contributed by atoms with van der Waals surface area (Å²) in [7, 11) is -4.52. The van der Waals surface area contributed by atoms with E-state index >= 15 is 0 Å². The zero-order valence-corrected chi connectivity index (χ0v) is 26.6. The summed E-state index contributed by atoms with van der Waals surface area (Å²) in [5.74, 6) is -0.188. The van der Waals surface area contributed by atoms with E-state index in [1.54, 1.807) is 16.2 Å². The number of hydrogen-bond donors (Lipinski definition) is 1. The molecule has 2 aromatic rings. The quantitative estimate of drug-likeness (QED) is 0.166. The fourth-order valence-electron chi connectivity index (χ4n) is 4.16. The molecular weight excluding hydrogens is 596 g/mol. The lowest BCUT2D eigenvalue weighted by Crippen LogP contribution is -2.42. The van der Waals surface area contributed by atoms with Crippen molar-refractivity contribution in [3.63, 3.8) is 0 Å². The van der Waals surface area contributed by atoms with Crippen LogP contribution in [-0.2, 0) is 10.0 Å². The molecule has 0 aliphatic carbocycles. The van der Waals surface area contributed by atoms with Crippen LogP contribution < -0.4 is 4.72 Å². The summed E-state index contributed by atoms with van der Waals surface area (Å²) in [5, 5.41) is 22.2. The summed E-state index contributed by atoms with van der Waals surface area (Å²) in [5.41, 5.74) is 3.99. The van der Waals surface area contributed by atoms with Gasteiger partial charge in [0.05, 0.1) is 16.3 Å². The second-order valence-corrected chi connectivity index (χ2v) is 12.7. The molecule has 0 aliphatic heterocycles. The summed E-state index contributed by atoms with van der Waals surface area (Å²) >= 11 is 1.34. The van der Waals surface area contributed by atoms with Gasteiger partial charge in [-0.2, -0.15) is 28.4 Å². The number of nitriles is 2. The third kappa shape index (κ3) is 9.72. The van der Waals surface area contributed by atoms with E-state index in [-0.39, 0.29) is 5.92 Å². The average Bonchev–Trinajstić information content (AvgIpc) is 3.45. The molecule has 0 saturated carbocycles. The van der Waals surface area contributed by atoms with E-state index in [9.17, 15) is 32.1 Å². The van der Waals surface area contributed by atoms with Crippen molar-refractivity contribution in [2.45, 2.75) is 89.8 Å². The normalized spacial score (nSPS) is 15.1. The number of aromatic nitrogens is 2. The van der Waals surface area contributed by atoms with Crippen LogP contribution in [0.25, 0.3) is 5.57 Å². The first kappa shape index (κ1) is 35.6. The maximum atomic E-state index is 13.0. The van der Waals surface area contributed by atoms with Gasteiger partial charge in [-0.1, -0.05) is 50.1 Å². The van der Waals surface area contributed by atoms with Crippen molar-refractivity contribution in [3.05, 3.63) is 81.1 Å². The molecule has 2 aromatic heterocycles. The van der Waals surface area contributed by atoms with Crippen molar-refractivity contribution in [2.75, 3.05) is 0 Å². The monoisotopic (exact) mass is 631 g/mol. The molecule has 0 amide bonds. The number of unbranched alkanes of at least 4 members (excludes halogenated alkanes) is 1. The van der Waals surface area contributed by atoms with Gasteiger partial charge in [0.15, 0.2) is 5.69 Å². The van der Waals surface area contributed by atoms with Crippen LogP contribution in [-0.4, -0.2) is 30.6 Å². The van der Waals surface area contributed by atoms with Crippen LogP contribution in [0, 0.1) is 22.7 Å². The minimum atomic E-state index is -4.76. The lowest BCUT2D eigenvalue weighted by Gasteiger charge is -2.19. The van der Waals surface area contributed by atoms with Crippen LogP contribution in [0.5, 0.6) is 0 Å². The SMILES string of the molecule is C=CC(C)=CC(=C(C)CCCC)C(C#N)=C(CC(CC)c1nc(C#N)cs1)c1ccc(S(=O)(=O)NC(C)C(F)(F)F)cn1. The Kier molecular flexibility index (Phi) is 13.1. The zero-order valence-electron chi connectivity index (χ0n) is 24.9. The number of allylic oxidation sites excluding steroid dienone is 7. The van der Waals surface area contributed by atoms with Crippen molar-refractivity contribution in [1.82, 2.24) is 14.7 Å². The summed E-state index contributed by atoms with van der Waals surface area (Å²) in [6, 6.07) is 4.67. The molecule has 2 rings (SSSR count). The molecule has 2 atom stereocenters. The highest BCUT2D eigenvalue weighted by Crippen LogP contribution is 2.37. The van der Waals surface area contributed by atoms with Gasteiger partial charge in [-0.3, -0.25) is 4.98 Å². The maximum absolute atomic E-state index is 13.0. The largest absolute Gasteiger partial charge is 0.404 e. The Labute approximate surface area is 256 Å². The molecule has 0 saturated heterocycles. The van der Waals surface area contributed by atoms with Gasteiger partial charge in [0, 0.05) is 17.5 Å². The molecule has 230 valence electrons. The number of halogens is 3. The zero-order chi connectivity index (χ0) is 32.4. The molecule has 1 N–H and O–H groups in total. The Morgan fingerprint density at radius 1 is 1.23 bits per heavy atom. The molecule has 7 nitrogen and oxygen atoms in total. The van der Waals surface area contributed by atoms with Crippen LogP contribution in [0.3, 0.4) is 0 Å². The Hall–Kier alpha value is -3.58. The molecule has 0 bridgehead atoms. The standard InChI is InChI=1S/C31H36F3N5O2S2/c1-7-10-11-21(5)26(14-20(4)8-2)28(17-36)27(15-23(9-3)30-38-24(16-35)19-42-30)29-13-12-25(18-37-29)43(40,41)39-22(6)31(32,33)34/h8,12-14,18-19,22-23,39H,2,7,9-11,15H2,1,3-6H3. The van der Waals surface area contributed by atoms with Gasteiger partial charge in [0.2, 0.25) is 10.0 Å². The smallest absolute Gasteiger partial charge is 0.255 e. The highest BCUT2D eigenvalue weighted by Gasteiger charge is 2.39. The fraction of sp³-hybridized carbons (Fsp3) is 0.419. The Morgan fingerprint density at radius 3 is 2.42 bits per heavy atom. The lowest BCUT2D eigenvalue weighted by molar-refractivity contribution is -0.147. The van der Waals surface area contributed by atoms with E-state index in [2.05, 4.69) is 29.5 Å². The molecule has 43 heavy (non-hydrogen) atoms. The topological polar surface area (TPSA) is 120 Å². The number of alkyl halides is 3. The lowest BCUT2D eigenvalue weighted by atomic mass is 9.86. The molecule has 0 aliphatic rings. The second-order valence-electron chi connectivity index (χ2n) is 10.1. The van der Waals surface area contributed by atoms with Gasteiger partial charge in [-0.05, 0) is 69.7 Å². The Balaban J connectivity index is 2.80. The van der Waals surface area contributed by atoms with Gasteiger partial charge in [0.25, 0.3) is 0 Å². The molecule has 0 fully saturated rings. The number of rotatable bonds is 14. The Bertz CT molecular complexity index is 1570. The predicted octanol–water partition coefficient (Wildman–Crippen LogP) is 8.14. The first-order valence-electron chi connectivity index (χ1n) is 13.8. The van der Waals surface area contributed by atoms with Gasteiger partial charge < -0.3 is 0 Å². The van der Waals surface area contributed by atoms with Crippen LogP contribution >= 0.6 is 11.3 Å². The molecule has 0 aromatic carbocycles. The van der Waals surface area contributed by atoms with E-state index in [1.807, 2.05) is 32.9 Å². The Morgan fingerprint density at radius 2 is 1.93 bits per heavy atom. The first-order chi connectivity index (χ1) is 20.2. The molecule has 0 radical (unpaired) electrons. The van der Waals surface area contributed by atoms with Gasteiger partial charge >= 0.3 is 6.18 Å². The van der Waals surface area contributed by atoms with Crippen LogP contribution in [0.2, 0.25) is 0 Å².